The molecule has 1 aliphatic heterocycles. The van der Waals surface area contributed by atoms with Gasteiger partial charge in [0.05, 0.1) is 0 Å². The molecule has 1 aliphatic rings. The van der Waals surface area contributed by atoms with Crippen LogP contribution in [0.3, 0.4) is 0 Å². The fraction of sp³-hybridized carbons (Fsp3) is 0.471. The third-order valence-corrected chi connectivity index (χ3v) is 4.39. The number of nitrogens with zero attached hydrogens (tertiary/aromatic N) is 8. The Labute approximate surface area is 146 Å². The largest absolute Gasteiger partial charge is 0.340 e. The number of aryl methyl sites for hydroxylation is 3. The molecule has 0 atom stereocenters. The second-order valence-corrected chi connectivity index (χ2v) is 6.33. The van der Waals surface area contributed by atoms with Gasteiger partial charge in [-0.15, -0.1) is 10.2 Å². The standard InChI is InChI=1S/C17H22N8/c1-4-24-15(20-17(22-24)23-9-5-6-10-23)8-7-14-19-16-18-12(2)11-13(3)25(16)21-14/h7-8,11H,4-6,9-10H2,1-3H3. The van der Waals surface area contributed by atoms with E-state index in [2.05, 4.69) is 37.0 Å². The van der Waals surface area contributed by atoms with Crippen molar-refractivity contribution in [3.63, 3.8) is 0 Å². The minimum Gasteiger partial charge on any atom is -0.340 e. The topological polar surface area (TPSA) is 77.0 Å². The molecule has 0 saturated carbocycles. The van der Waals surface area contributed by atoms with E-state index in [1.54, 1.807) is 4.52 Å². The van der Waals surface area contributed by atoms with Gasteiger partial charge >= 0.3 is 0 Å². The van der Waals surface area contributed by atoms with Crippen LogP contribution in [0.1, 0.15) is 42.8 Å². The predicted octanol–water partition coefficient (Wildman–Crippen LogP) is 2.12. The van der Waals surface area contributed by atoms with Crippen molar-refractivity contribution in [2.24, 2.45) is 0 Å². The number of aromatic nitrogens is 7. The van der Waals surface area contributed by atoms with E-state index in [1.807, 2.05) is 36.7 Å². The van der Waals surface area contributed by atoms with Gasteiger partial charge in [0.2, 0.25) is 5.95 Å². The number of fused-ring (bicyclic) bond motifs is 1. The minimum absolute atomic E-state index is 0.617. The number of rotatable bonds is 4. The summed E-state index contributed by atoms with van der Waals surface area (Å²) in [5, 5.41) is 9.11. The highest BCUT2D eigenvalue weighted by atomic mass is 15.4. The molecule has 0 spiro atoms. The van der Waals surface area contributed by atoms with Crippen LogP contribution in [-0.2, 0) is 6.54 Å². The molecule has 130 valence electrons. The van der Waals surface area contributed by atoms with E-state index in [1.165, 1.54) is 12.8 Å². The fourth-order valence-corrected chi connectivity index (χ4v) is 3.15. The molecule has 0 unspecified atom stereocenters. The summed E-state index contributed by atoms with van der Waals surface area (Å²) in [6.07, 6.45) is 6.21. The Kier molecular flexibility index (Phi) is 3.95. The molecule has 0 amide bonds. The predicted molar refractivity (Wildman–Crippen MR) is 96.3 cm³/mol. The molecule has 0 radical (unpaired) electrons. The molecule has 25 heavy (non-hydrogen) atoms. The van der Waals surface area contributed by atoms with Crippen LogP contribution < -0.4 is 4.90 Å². The number of anilines is 1. The zero-order chi connectivity index (χ0) is 17.4. The van der Waals surface area contributed by atoms with Gasteiger partial charge in [-0.05, 0) is 51.8 Å². The van der Waals surface area contributed by atoms with Gasteiger partial charge in [-0.1, -0.05) is 0 Å². The van der Waals surface area contributed by atoms with Gasteiger partial charge in [0.1, 0.15) is 0 Å². The van der Waals surface area contributed by atoms with Crippen LogP contribution in [0.4, 0.5) is 5.95 Å². The molecule has 8 heteroatoms. The molecule has 3 aromatic heterocycles. The molecular formula is C17H22N8. The van der Waals surface area contributed by atoms with Crippen molar-refractivity contribution < 1.29 is 0 Å². The SMILES string of the molecule is CCn1nc(N2CCCC2)nc1C=Cc1nc2nc(C)cc(C)n2n1. The first kappa shape index (κ1) is 15.7. The van der Waals surface area contributed by atoms with E-state index >= 15 is 0 Å². The van der Waals surface area contributed by atoms with E-state index in [-0.39, 0.29) is 0 Å². The summed E-state index contributed by atoms with van der Waals surface area (Å²) in [6, 6.07) is 1.99. The summed E-state index contributed by atoms with van der Waals surface area (Å²) in [5.74, 6) is 2.88. The molecule has 0 aliphatic carbocycles. The van der Waals surface area contributed by atoms with Crippen molar-refractivity contribution in [2.75, 3.05) is 18.0 Å². The van der Waals surface area contributed by atoms with Crippen LogP contribution in [0.2, 0.25) is 0 Å². The Morgan fingerprint density at radius 1 is 1.04 bits per heavy atom. The highest BCUT2D eigenvalue weighted by molar-refractivity contribution is 5.64. The number of hydrogen-bond donors (Lipinski definition) is 0. The second-order valence-electron chi connectivity index (χ2n) is 6.33. The van der Waals surface area contributed by atoms with Crippen molar-refractivity contribution in [3.05, 3.63) is 29.1 Å². The Morgan fingerprint density at radius 2 is 1.84 bits per heavy atom. The normalized spacial score (nSPS) is 15.1. The molecule has 3 aromatic rings. The second kappa shape index (κ2) is 6.27. The molecule has 1 saturated heterocycles. The van der Waals surface area contributed by atoms with Crippen LogP contribution >= 0.6 is 0 Å². The zero-order valence-corrected chi connectivity index (χ0v) is 14.8. The summed E-state index contributed by atoms with van der Waals surface area (Å²) >= 11 is 0. The summed E-state index contributed by atoms with van der Waals surface area (Å²) in [6.45, 7) is 8.88. The molecule has 4 rings (SSSR count). The third-order valence-electron chi connectivity index (χ3n) is 4.39. The summed E-state index contributed by atoms with van der Waals surface area (Å²) in [5.41, 5.74) is 1.96. The first-order valence-corrected chi connectivity index (χ1v) is 8.73. The van der Waals surface area contributed by atoms with Crippen LogP contribution in [0.5, 0.6) is 0 Å². The number of hydrogen-bond acceptors (Lipinski definition) is 6. The quantitative estimate of drug-likeness (QED) is 0.725. The summed E-state index contributed by atoms with van der Waals surface area (Å²) < 4.78 is 3.67. The van der Waals surface area contributed by atoms with Crippen molar-refractivity contribution in [1.82, 2.24) is 34.3 Å². The van der Waals surface area contributed by atoms with Crippen molar-refractivity contribution in [1.29, 1.82) is 0 Å². The molecule has 4 heterocycles. The minimum atomic E-state index is 0.617. The lowest BCUT2D eigenvalue weighted by Gasteiger charge is -2.10. The Hall–Kier alpha value is -2.77. The zero-order valence-electron chi connectivity index (χ0n) is 14.8. The highest BCUT2D eigenvalue weighted by Crippen LogP contribution is 2.17. The lowest BCUT2D eigenvalue weighted by molar-refractivity contribution is 0.648. The van der Waals surface area contributed by atoms with E-state index in [0.29, 0.717) is 11.6 Å². The van der Waals surface area contributed by atoms with Gasteiger partial charge in [-0.2, -0.15) is 9.97 Å². The van der Waals surface area contributed by atoms with Crippen molar-refractivity contribution in [3.8, 4) is 0 Å². The summed E-state index contributed by atoms with van der Waals surface area (Å²) in [4.78, 5) is 15.8. The summed E-state index contributed by atoms with van der Waals surface area (Å²) in [7, 11) is 0. The van der Waals surface area contributed by atoms with E-state index in [9.17, 15) is 0 Å². The van der Waals surface area contributed by atoms with Gasteiger partial charge < -0.3 is 4.90 Å². The molecule has 8 nitrogen and oxygen atoms in total. The fourth-order valence-electron chi connectivity index (χ4n) is 3.15. The Bertz CT molecular complexity index is 930. The monoisotopic (exact) mass is 338 g/mol. The average Bonchev–Trinajstić information content (AvgIpc) is 3.31. The molecule has 0 aromatic carbocycles. The maximum atomic E-state index is 4.68. The van der Waals surface area contributed by atoms with Crippen LogP contribution in [0.25, 0.3) is 17.9 Å². The van der Waals surface area contributed by atoms with Gasteiger partial charge in [0, 0.05) is 31.0 Å². The smallest absolute Gasteiger partial charge is 0.253 e. The molecule has 1 fully saturated rings. The van der Waals surface area contributed by atoms with Crippen molar-refractivity contribution >= 4 is 23.9 Å². The van der Waals surface area contributed by atoms with Gasteiger partial charge in [0.15, 0.2) is 11.6 Å². The van der Waals surface area contributed by atoms with Crippen LogP contribution in [0.15, 0.2) is 6.07 Å². The Morgan fingerprint density at radius 3 is 2.60 bits per heavy atom. The van der Waals surface area contributed by atoms with Gasteiger partial charge in [-0.3, -0.25) is 0 Å². The maximum Gasteiger partial charge on any atom is 0.253 e. The van der Waals surface area contributed by atoms with Crippen LogP contribution in [0, 0.1) is 13.8 Å². The molecule has 0 bridgehead atoms. The third kappa shape index (κ3) is 2.99. The first-order chi connectivity index (χ1) is 12.1. The lowest BCUT2D eigenvalue weighted by atomic mass is 10.4. The average molecular weight is 338 g/mol. The Balaban J connectivity index is 1.64. The van der Waals surface area contributed by atoms with E-state index in [4.69, 9.17) is 0 Å². The van der Waals surface area contributed by atoms with E-state index in [0.717, 1.165) is 42.8 Å². The van der Waals surface area contributed by atoms with Crippen LogP contribution in [-0.4, -0.2) is 47.4 Å². The first-order valence-electron chi connectivity index (χ1n) is 8.73. The van der Waals surface area contributed by atoms with E-state index < -0.39 is 0 Å². The van der Waals surface area contributed by atoms with Gasteiger partial charge in [-0.25, -0.2) is 14.2 Å². The molecular weight excluding hydrogens is 316 g/mol. The van der Waals surface area contributed by atoms with Gasteiger partial charge in [0.25, 0.3) is 5.78 Å². The lowest BCUT2D eigenvalue weighted by Crippen LogP contribution is -2.19. The maximum absolute atomic E-state index is 4.68. The van der Waals surface area contributed by atoms with Crippen molar-refractivity contribution in [2.45, 2.75) is 40.2 Å². The molecule has 0 N–H and O–H groups in total. The highest BCUT2D eigenvalue weighted by Gasteiger charge is 2.18.